The monoisotopic (exact) mass is 470 g/mol. The lowest BCUT2D eigenvalue weighted by molar-refractivity contribution is -0.384. The molecule has 0 radical (unpaired) electrons. The number of nitro benzene ring substituents is 1. The first-order valence-corrected chi connectivity index (χ1v) is 11.1. The van der Waals surface area contributed by atoms with Crippen LogP contribution in [0.2, 0.25) is 0 Å². The van der Waals surface area contributed by atoms with Crippen molar-refractivity contribution < 1.29 is 9.66 Å². The van der Waals surface area contributed by atoms with Crippen LogP contribution in [0.15, 0.2) is 41.2 Å². The minimum Gasteiger partial charge on any atom is -0.378 e. The summed E-state index contributed by atoms with van der Waals surface area (Å²) in [5, 5.41) is 25.0. The van der Waals surface area contributed by atoms with Crippen molar-refractivity contribution in [1.82, 2.24) is 9.38 Å². The number of morpholine rings is 1. The fourth-order valence-corrected chi connectivity index (χ4v) is 4.48. The average molecular weight is 470 g/mol. The van der Waals surface area contributed by atoms with Gasteiger partial charge in [-0.3, -0.25) is 19.3 Å². The highest BCUT2D eigenvalue weighted by molar-refractivity contribution is 5.83. The van der Waals surface area contributed by atoms with Crippen LogP contribution in [0, 0.1) is 35.3 Å². The third-order valence-electron chi connectivity index (χ3n) is 6.35. The number of hydrogen-bond acceptors (Lipinski definition) is 8. The van der Waals surface area contributed by atoms with Gasteiger partial charge < -0.3 is 15.0 Å². The van der Waals surface area contributed by atoms with Gasteiger partial charge in [0, 0.05) is 31.0 Å². The number of benzene rings is 2. The van der Waals surface area contributed by atoms with E-state index in [0.717, 1.165) is 5.56 Å². The van der Waals surface area contributed by atoms with Crippen LogP contribution in [-0.2, 0) is 4.74 Å². The molecule has 3 heterocycles. The van der Waals surface area contributed by atoms with Gasteiger partial charge in [-0.1, -0.05) is 12.1 Å². The molecule has 0 aliphatic carbocycles. The summed E-state index contributed by atoms with van der Waals surface area (Å²) in [6, 6.07) is 12.6. The van der Waals surface area contributed by atoms with Crippen molar-refractivity contribution in [2.75, 3.05) is 36.5 Å². The number of nitrogens with zero attached hydrogens (tertiary/aromatic N) is 5. The zero-order valence-corrected chi connectivity index (χ0v) is 19.2. The molecule has 0 spiro atoms. The molecule has 10 nitrogen and oxygen atoms in total. The molecule has 5 rings (SSSR count). The van der Waals surface area contributed by atoms with Crippen LogP contribution in [0.25, 0.3) is 22.9 Å². The first kappa shape index (κ1) is 22.3. The molecule has 2 aromatic heterocycles. The summed E-state index contributed by atoms with van der Waals surface area (Å²) in [5.41, 5.74) is 3.82. The van der Waals surface area contributed by atoms with Crippen molar-refractivity contribution in [3.63, 3.8) is 0 Å². The number of aromatic nitrogens is 2. The van der Waals surface area contributed by atoms with Gasteiger partial charge in [0.1, 0.15) is 11.8 Å². The van der Waals surface area contributed by atoms with Crippen LogP contribution in [0.5, 0.6) is 0 Å². The van der Waals surface area contributed by atoms with Crippen LogP contribution in [0.1, 0.15) is 16.7 Å². The first-order chi connectivity index (χ1) is 16.9. The largest absolute Gasteiger partial charge is 0.378 e. The van der Waals surface area contributed by atoms with Crippen LogP contribution in [0.3, 0.4) is 0 Å². The molecular formula is C25H22N6O4. The molecule has 2 aromatic carbocycles. The van der Waals surface area contributed by atoms with Gasteiger partial charge >= 0.3 is 0 Å². The number of nitro groups is 1. The van der Waals surface area contributed by atoms with E-state index in [4.69, 9.17) is 4.74 Å². The molecule has 4 aromatic rings. The molecular weight excluding hydrogens is 448 g/mol. The van der Waals surface area contributed by atoms with Crippen molar-refractivity contribution >= 4 is 39.9 Å². The first-order valence-electron chi connectivity index (χ1n) is 11.1. The Morgan fingerprint density at radius 3 is 2.69 bits per heavy atom. The van der Waals surface area contributed by atoms with Crippen molar-refractivity contribution in [1.29, 1.82) is 5.26 Å². The standard InChI is InChI=1S/C25H22N6O4/c1-15-11-22(29-7-9-35-10-8-29)23(31(33)34)12-20(15)27-14-18-16(2)17(13-26)24-28-19-5-3-4-6-21(19)30(24)25(18)32/h3-6,11-12,14,27H,7-10H2,1-2H3/b18-14-. The molecule has 35 heavy (non-hydrogen) atoms. The van der Waals surface area contributed by atoms with E-state index >= 15 is 0 Å². The fourth-order valence-electron chi connectivity index (χ4n) is 4.48. The highest BCUT2D eigenvalue weighted by atomic mass is 16.6. The molecule has 1 aliphatic rings. The lowest BCUT2D eigenvalue weighted by atomic mass is 10.1. The second-order valence-corrected chi connectivity index (χ2v) is 8.39. The van der Waals surface area contributed by atoms with E-state index < -0.39 is 4.92 Å². The summed E-state index contributed by atoms with van der Waals surface area (Å²) in [4.78, 5) is 31.3. The number of para-hydroxylation sites is 2. The number of nitrogens with one attached hydrogen (secondary N) is 1. The molecule has 1 fully saturated rings. The highest BCUT2D eigenvalue weighted by Crippen LogP contribution is 2.34. The Kier molecular flexibility index (Phi) is 5.55. The summed E-state index contributed by atoms with van der Waals surface area (Å²) in [6.07, 6.45) is 1.51. The van der Waals surface area contributed by atoms with Gasteiger partial charge in [-0.2, -0.15) is 5.26 Å². The summed E-state index contributed by atoms with van der Waals surface area (Å²) < 4.78 is 6.80. The Bertz CT molecular complexity index is 1650. The summed E-state index contributed by atoms with van der Waals surface area (Å²) in [7, 11) is 0. The smallest absolute Gasteiger partial charge is 0.294 e. The van der Waals surface area contributed by atoms with Crippen LogP contribution >= 0.6 is 0 Å². The molecule has 0 unspecified atom stereocenters. The fraction of sp³-hybridized carbons (Fsp3) is 0.240. The number of rotatable bonds is 4. The summed E-state index contributed by atoms with van der Waals surface area (Å²) >= 11 is 0. The van der Waals surface area contributed by atoms with Gasteiger partial charge in [0.15, 0.2) is 5.65 Å². The highest BCUT2D eigenvalue weighted by Gasteiger charge is 2.23. The van der Waals surface area contributed by atoms with Crippen molar-refractivity contribution in [3.05, 3.63) is 78.8 Å². The minimum atomic E-state index is -0.406. The van der Waals surface area contributed by atoms with E-state index in [1.807, 2.05) is 24.0 Å². The number of fused-ring (bicyclic) bond motifs is 3. The van der Waals surface area contributed by atoms with Gasteiger partial charge in [-0.25, -0.2) is 4.98 Å². The molecule has 0 amide bonds. The maximum Gasteiger partial charge on any atom is 0.294 e. The quantitative estimate of drug-likeness (QED) is 0.356. The number of aryl methyl sites for hydroxylation is 1. The lowest BCUT2D eigenvalue weighted by Crippen LogP contribution is -2.36. The molecule has 0 bridgehead atoms. The zero-order valence-electron chi connectivity index (χ0n) is 19.2. The topological polar surface area (TPSA) is 126 Å². The SMILES string of the molecule is Cc1cc(N2CCOCC2)c([N+](=O)[O-])cc1N/C=c1/c(C)c(C#N)c2nc3ccccc3n2c1=O. The molecule has 0 atom stereocenters. The van der Waals surface area contributed by atoms with E-state index in [-0.39, 0.29) is 16.5 Å². The van der Waals surface area contributed by atoms with Crippen molar-refractivity contribution in [3.8, 4) is 6.07 Å². The molecule has 1 aliphatic heterocycles. The summed E-state index contributed by atoms with van der Waals surface area (Å²) in [6.45, 7) is 5.73. The predicted octanol–water partition coefficient (Wildman–Crippen LogP) is 2.65. The zero-order chi connectivity index (χ0) is 24.7. The van der Waals surface area contributed by atoms with Gasteiger partial charge in [-0.15, -0.1) is 0 Å². The third kappa shape index (κ3) is 3.72. The third-order valence-corrected chi connectivity index (χ3v) is 6.35. The number of pyridine rings is 1. The lowest BCUT2D eigenvalue weighted by Gasteiger charge is -2.29. The maximum absolute atomic E-state index is 13.5. The van der Waals surface area contributed by atoms with Gasteiger partial charge in [-0.05, 0) is 43.2 Å². The number of nitriles is 1. The predicted molar refractivity (Wildman–Crippen MR) is 133 cm³/mol. The molecule has 10 heteroatoms. The van der Waals surface area contributed by atoms with Crippen molar-refractivity contribution in [2.24, 2.45) is 0 Å². The Morgan fingerprint density at radius 2 is 1.97 bits per heavy atom. The molecule has 1 N–H and O–H groups in total. The van der Waals surface area contributed by atoms with Gasteiger partial charge in [0.05, 0.1) is 40.0 Å². The Morgan fingerprint density at radius 1 is 1.23 bits per heavy atom. The van der Waals surface area contributed by atoms with Gasteiger partial charge in [0.2, 0.25) is 0 Å². The minimum absolute atomic E-state index is 0.0266. The van der Waals surface area contributed by atoms with E-state index in [1.54, 1.807) is 25.1 Å². The second kappa shape index (κ2) is 8.70. The maximum atomic E-state index is 13.5. The Balaban J connectivity index is 1.65. The second-order valence-electron chi connectivity index (χ2n) is 8.39. The Hall–Kier alpha value is -4.49. The van der Waals surface area contributed by atoms with Crippen LogP contribution in [0.4, 0.5) is 17.1 Å². The normalized spacial score (nSPS) is 14.4. The number of anilines is 2. The number of hydrogen-bond donors (Lipinski definition) is 1. The number of ether oxygens (including phenoxy) is 1. The van der Waals surface area contributed by atoms with Crippen molar-refractivity contribution in [2.45, 2.75) is 13.8 Å². The molecule has 1 saturated heterocycles. The van der Waals surface area contributed by atoms with E-state index in [2.05, 4.69) is 16.4 Å². The summed E-state index contributed by atoms with van der Waals surface area (Å²) in [5.74, 6) is 0. The van der Waals surface area contributed by atoms with Gasteiger partial charge in [0.25, 0.3) is 11.2 Å². The van der Waals surface area contributed by atoms with Crippen LogP contribution < -0.4 is 21.0 Å². The van der Waals surface area contributed by atoms with Crippen LogP contribution in [-0.4, -0.2) is 40.6 Å². The molecule has 176 valence electrons. The van der Waals surface area contributed by atoms with E-state index in [0.29, 0.717) is 65.5 Å². The Labute approximate surface area is 199 Å². The van der Waals surface area contributed by atoms with E-state index in [9.17, 15) is 20.2 Å². The average Bonchev–Trinajstić information content (AvgIpc) is 3.24. The van der Waals surface area contributed by atoms with E-state index in [1.165, 1.54) is 16.7 Å². The molecule has 0 saturated carbocycles. The number of imidazole rings is 1.